The molecule has 1 N–H and O–H groups in total. The lowest BCUT2D eigenvalue weighted by Crippen LogP contribution is -2.56. The molecular weight excluding hydrogens is 344 g/mol. The largest absolute Gasteiger partial charge is 0.548 e. The first-order valence-electron chi connectivity index (χ1n) is 7.89. The van der Waals surface area contributed by atoms with Crippen LogP contribution < -0.4 is 10.5 Å². The lowest BCUT2D eigenvalue weighted by molar-refractivity contribution is -0.312. The number of hydrogen-bond acceptors (Lipinski definition) is 6. The van der Waals surface area contributed by atoms with Crippen molar-refractivity contribution in [3.63, 3.8) is 0 Å². The first kappa shape index (κ1) is 21.1. The van der Waals surface area contributed by atoms with Crippen LogP contribution in [0.15, 0.2) is 30.3 Å². The quantitative estimate of drug-likeness (QED) is 0.681. The Balaban J connectivity index is 2.96. The summed E-state index contributed by atoms with van der Waals surface area (Å²) in [6.45, 7) is 5.29. The molecule has 0 aliphatic carbocycles. The van der Waals surface area contributed by atoms with Crippen LogP contribution in [0.4, 0.5) is 4.79 Å². The van der Waals surface area contributed by atoms with Gasteiger partial charge in [0.15, 0.2) is 0 Å². The molecule has 140 valence electrons. The highest BCUT2D eigenvalue weighted by molar-refractivity contribution is 7.84. The van der Waals surface area contributed by atoms with Gasteiger partial charge in [-0.15, -0.1) is 0 Å². The van der Waals surface area contributed by atoms with Crippen LogP contribution in [-0.4, -0.2) is 44.9 Å². The zero-order valence-electron chi connectivity index (χ0n) is 15.0. The molecule has 0 aliphatic rings. The molecule has 1 aromatic rings. The first-order valence-corrected chi connectivity index (χ1v) is 9.62. The van der Waals surface area contributed by atoms with Gasteiger partial charge in [-0.1, -0.05) is 30.3 Å². The van der Waals surface area contributed by atoms with Gasteiger partial charge >= 0.3 is 6.09 Å². The summed E-state index contributed by atoms with van der Waals surface area (Å²) in [5, 5.41) is 12.8. The molecule has 1 aromatic carbocycles. The third-order valence-corrected chi connectivity index (χ3v) is 3.97. The maximum absolute atomic E-state index is 12.1. The average Bonchev–Trinajstić information content (AvgIpc) is 2.45. The number of carbonyl (C=O) groups is 2. The van der Waals surface area contributed by atoms with E-state index in [-0.39, 0.29) is 18.7 Å². The monoisotopic (exact) mass is 369 g/mol. The number of carboxylic acids is 1. The van der Waals surface area contributed by atoms with Gasteiger partial charge in [-0.2, -0.15) is 0 Å². The van der Waals surface area contributed by atoms with E-state index in [0.717, 1.165) is 5.56 Å². The van der Waals surface area contributed by atoms with E-state index in [0.29, 0.717) is 0 Å². The van der Waals surface area contributed by atoms with Crippen molar-refractivity contribution in [2.75, 3.05) is 12.0 Å². The van der Waals surface area contributed by atoms with E-state index >= 15 is 0 Å². The molecule has 0 radical (unpaired) electrons. The molecule has 0 aliphatic heterocycles. The Morgan fingerprint density at radius 3 is 2.36 bits per heavy atom. The summed E-state index contributed by atoms with van der Waals surface area (Å²) in [6.07, 6.45) is 0.816. The van der Waals surface area contributed by atoms with Crippen molar-refractivity contribution in [1.29, 1.82) is 0 Å². The Bertz CT molecular complexity index is 601. The number of benzene rings is 1. The van der Waals surface area contributed by atoms with Crippen LogP contribution in [-0.2, 0) is 26.9 Å². The number of amides is 1. The fourth-order valence-electron chi connectivity index (χ4n) is 2.10. The van der Waals surface area contributed by atoms with E-state index in [2.05, 4.69) is 5.43 Å². The Labute approximate surface area is 150 Å². The summed E-state index contributed by atoms with van der Waals surface area (Å²) in [5.74, 6) is -1.17. The molecule has 7 nitrogen and oxygen atoms in total. The number of rotatable bonds is 8. The van der Waals surface area contributed by atoms with Crippen molar-refractivity contribution in [3.8, 4) is 0 Å². The lowest BCUT2D eigenvalue weighted by atomic mass is 10.1. The van der Waals surface area contributed by atoms with E-state index in [4.69, 9.17) is 4.74 Å². The Kier molecular flexibility index (Phi) is 8.05. The Hall–Kier alpha value is -1.93. The number of ether oxygens (including phenoxy) is 1. The number of carboxylic acid groups (broad SMARTS) is 1. The van der Waals surface area contributed by atoms with Crippen molar-refractivity contribution < 1.29 is 23.6 Å². The minimum atomic E-state index is -1.35. The van der Waals surface area contributed by atoms with Crippen molar-refractivity contribution in [2.45, 2.75) is 45.4 Å². The number of hydrogen-bond donors (Lipinski definition) is 1. The summed E-state index contributed by atoms with van der Waals surface area (Å²) in [4.78, 5) is 23.6. The molecule has 0 fully saturated rings. The van der Waals surface area contributed by atoms with Gasteiger partial charge in [0.2, 0.25) is 0 Å². The first-order chi connectivity index (χ1) is 11.6. The summed E-state index contributed by atoms with van der Waals surface area (Å²) in [6, 6.07) is 7.97. The maximum Gasteiger partial charge on any atom is 0.422 e. The summed E-state index contributed by atoms with van der Waals surface area (Å²) in [5.41, 5.74) is 2.57. The van der Waals surface area contributed by atoms with Crippen LogP contribution in [0, 0.1) is 0 Å². The zero-order valence-corrected chi connectivity index (χ0v) is 15.8. The van der Waals surface area contributed by atoms with Crippen molar-refractivity contribution in [1.82, 2.24) is 10.4 Å². The van der Waals surface area contributed by atoms with E-state index in [9.17, 15) is 18.9 Å². The molecule has 8 heteroatoms. The van der Waals surface area contributed by atoms with E-state index in [1.54, 1.807) is 20.8 Å². The zero-order chi connectivity index (χ0) is 19.0. The standard InChI is InChI=1S/C17H26N2O5S/c1-17(2,3)24-16(22)18-19(12-13-8-6-5-7-9-13)14(15(20)21)10-11-25(4)23/h5-9,14H,10-12H2,1-4H3,(H,18,22)(H,20,21)/p-1/t14-,25-/m0/s1. The molecule has 25 heavy (non-hydrogen) atoms. The second kappa shape index (κ2) is 9.53. The Morgan fingerprint density at radius 1 is 1.28 bits per heavy atom. The van der Waals surface area contributed by atoms with Gasteiger partial charge in [0.25, 0.3) is 0 Å². The van der Waals surface area contributed by atoms with E-state index < -0.39 is 34.5 Å². The van der Waals surface area contributed by atoms with Crippen LogP contribution in [0.1, 0.15) is 32.8 Å². The maximum atomic E-state index is 12.1. The summed E-state index contributed by atoms with van der Waals surface area (Å²) < 4.78 is 16.5. The van der Waals surface area contributed by atoms with Gasteiger partial charge in [0.05, 0.1) is 12.0 Å². The number of carbonyl (C=O) groups excluding carboxylic acids is 2. The van der Waals surface area contributed by atoms with Crippen LogP contribution in [0.3, 0.4) is 0 Å². The van der Waals surface area contributed by atoms with Crippen LogP contribution in [0.25, 0.3) is 0 Å². The molecule has 0 spiro atoms. The highest BCUT2D eigenvalue weighted by atomic mass is 32.2. The molecule has 1 rings (SSSR count). The van der Waals surface area contributed by atoms with E-state index in [1.165, 1.54) is 11.3 Å². The Morgan fingerprint density at radius 2 is 1.88 bits per heavy atom. The topological polar surface area (TPSA) is 98.8 Å². The molecule has 0 unspecified atom stereocenters. The van der Waals surface area contributed by atoms with Crippen molar-refractivity contribution in [2.24, 2.45) is 0 Å². The average molecular weight is 369 g/mol. The predicted octanol–water partition coefficient (Wildman–Crippen LogP) is 0.815. The van der Waals surface area contributed by atoms with Crippen LogP contribution >= 0.6 is 0 Å². The fraction of sp³-hybridized carbons (Fsp3) is 0.529. The fourth-order valence-corrected chi connectivity index (χ4v) is 2.66. The molecule has 1 amide bonds. The van der Waals surface area contributed by atoms with Gasteiger partial charge in [-0.3, -0.25) is 9.63 Å². The van der Waals surface area contributed by atoms with Crippen molar-refractivity contribution >= 4 is 22.9 Å². The van der Waals surface area contributed by atoms with E-state index in [1.807, 2.05) is 30.3 Å². The second-order valence-corrected chi connectivity index (χ2v) is 8.18. The normalized spacial score (nSPS) is 14.0. The number of aliphatic carboxylic acids is 1. The number of hydrazine groups is 1. The van der Waals surface area contributed by atoms with Crippen molar-refractivity contribution in [3.05, 3.63) is 35.9 Å². The van der Waals surface area contributed by atoms with Gasteiger partial charge in [-0.05, 0) is 32.8 Å². The van der Waals surface area contributed by atoms with Gasteiger partial charge in [0, 0.05) is 29.4 Å². The smallest absolute Gasteiger partial charge is 0.422 e. The van der Waals surface area contributed by atoms with Crippen LogP contribution in [0.2, 0.25) is 0 Å². The minimum Gasteiger partial charge on any atom is -0.548 e. The molecule has 0 aromatic heterocycles. The third kappa shape index (κ3) is 8.64. The molecule has 0 saturated carbocycles. The molecule has 0 bridgehead atoms. The highest BCUT2D eigenvalue weighted by Crippen LogP contribution is 2.12. The number of nitrogens with one attached hydrogen (secondary N) is 1. The third-order valence-electron chi connectivity index (χ3n) is 3.16. The molecule has 0 heterocycles. The predicted molar refractivity (Wildman–Crippen MR) is 93.7 cm³/mol. The summed E-state index contributed by atoms with van der Waals surface area (Å²) >= 11 is 0. The SMILES string of the molecule is C[S@](=O)CC[C@@H](C(=O)[O-])N(Cc1ccccc1)NC(=O)OC(C)(C)C. The van der Waals surface area contributed by atoms with Gasteiger partial charge in [0.1, 0.15) is 5.60 Å². The van der Waals surface area contributed by atoms with Crippen LogP contribution in [0.5, 0.6) is 0 Å². The second-order valence-electron chi connectivity index (χ2n) is 6.63. The minimum absolute atomic E-state index is 0.0775. The van der Waals surface area contributed by atoms with Gasteiger partial charge in [-0.25, -0.2) is 9.80 Å². The summed E-state index contributed by atoms with van der Waals surface area (Å²) in [7, 11) is -1.16. The number of nitrogens with zero attached hydrogens (tertiary/aromatic N) is 1. The molecule has 2 atom stereocenters. The lowest BCUT2D eigenvalue weighted by Gasteiger charge is -2.33. The molecule has 0 saturated heterocycles. The van der Waals surface area contributed by atoms with Gasteiger partial charge < -0.3 is 14.6 Å². The highest BCUT2D eigenvalue weighted by Gasteiger charge is 2.25. The molecular formula is C17H25N2O5S-.